The van der Waals surface area contributed by atoms with Crippen molar-refractivity contribution in [3.8, 4) is 17.1 Å². The molecule has 0 radical (unpaired) electrons. The average Bonchev–Trinajstić information content (AvgIpc) is 3.21. The van der Waals surface area contributed by atoms with Gasteiger partial charge in [0.05, 0.1) is 11.4 Å². The summed E-state index contributed by atoms with van der Waals surface area (Å²) in [6, 6.07) is 12.1. The van der Waals surface area contributed by atoms with Gasteiger partial charge in [-0.2, -0.15) is 10.2 Å². The van der Waals surface area contributed by atoms with Crippen LogP contribution in [-0.4, -0.2) is 31.5 Å². The number of carbonyl (C=O) groups excluding carboxylic acids is 1. The molecule has 0 fully saturated rings. The number of H-pyrrole nitrogens is 1. The minimum absolute atomic E-state index is 0.182. The van der Waals surface area contributed by atoms with Crippen molar-refractivity contribution in [2.75, 3.05) is 0 Å². The van der Waals surface area contributed by atoms with Crippen molar-refractivity contribution in [1.82, 2.24) is 20.2 Å². The molecule has 0 aliphatic carbocycles. The molecule has 0 aliphatic heterocycles. The molecule has 1 amide bonds. The van der Waals surface area contributed by atoms with Gasteiger partial charge in [0.2, 0.25) is 0 Å². The minimum Gasteiger partial charge on any atom is -0.508 e. The average molecular weight is 323 g/mol. The molecule has 7 heteroatoms. The number of amides is 1. The molecule has 3 rings (SSSR count). The molecule has 0 spiro atoms. The molecular weight excluding hydrogens is 306 g/mol. The van der Waals surface area contributed by atoms with Gasteiger partial charge < -0.3 is 9.67 Å². The first-order valence-corrected chi connectivity index (χ1v) is 7.36. The fourth-order valence-corrected chi connectivity index (χ4v) is 2.26. The summed E-state index contributed by atoms with van der Waals surface area (Å²) < 4.78 is 1.92. The van der Waals surface area contributed by atoms with Crippen molar-refractivity contribution in [3.63, 3.8) is 0 Å². The maximum absolute atomic E-state index is 12.2. The van der Waals surface area contributed by atoms with E-state index in [2.05, 4.69) is 20.7 Å². The number of hydrogen-bond acceptors (Lipinski definition) is 4. The van der Waals surface area contributed by atoms with Crippen LogP contribution in [0.3, 0.4) is 0 Å². The highest BCUT2D eigenvalue weighted by Gasteiger charge is 2.12. The standard InChI is InChI=1S/C17H17N5O2/c1-11(12-5-7-13(23)8-6-12)18-21-17(24)15-10-14(19-20-15)16-4-3-9-22(16)2/h3-10,23H,1-2H3,(H,19,20)(H,21,24)/b18-11+. The summed E-state index contributed by atoms with van der Waals surface area (Å²) in [5, 5.41) is 20.2. The lowest BCUT2D eigenvalue weighted by Crippen LogP contribution is -2.19. The summed E-state index contributed by atoms with van der Waals surface area (Å²) in [5.41, 5.74) is 5.86. The molecule has 24 heavy (non-hydrogen) atoms. The van der Waals surface area contributed by atoms with Gasteiger partial charge in [0.15, 0.2) is 0 Å². The van der Waals surface area contributed by atoms with Gasteiger partial charge in [0.25, 0.3) is 5.91 Å². The van der Waals surface area contributed by atoms with Crippen LogP contribution in [0, 0.1) is 0 Å². The van der Waals surface area contributed by atoms with Gasteiger partial charge in [-0.05, 0) is 55.0 Å². The van der Waals surface area contributed by atoms with Gasteiger partial charge in [-0.3, -0.25) is 9.89 Å². The molecule has 122 valence electrons. The number of phenols is 1. The highest BCUT2D eigenvalue weighted by Crippen LogP contribution is 2.17. The number of carbonyl (C=O) groups is 1. The lowest BCUT2D eigenvalue weighted by Gasteiger charge is -2.02. The highest BCUT2D eigenvalue weighted by atomic mass is 16.3. The van der Waals surface area contributed by atoms with Gasteiger partial charge >= 0.3 is 0 Å². The van der Waals surface area contributed by atoms with E-state index in [0.717, 1.165) is 11.3 Å². The lowest BCUT2D eigenvalue weighted by molar-refractivity contribution is 0.0950. The number of hydrogen-bond donors (Lipinski definition) is 3. The van der Waals surface area contributed by atoms with E-state index in [1.54, 1.807) is 37.3 Å². The minimum atomic E-state index is -0.374. The van der Waals surface area contributed by atoms with Crippen LogP contribution in [0.1, 0.15) is 23.0 Å². The van der Waals surface area contributed by atoms with Gasteiger partial charge in [0.1, 0.15) is 17.1 Å². The van der Waals surface area contributed by atoms with Gasteiger partial charge in [-0.1, -0.05) is 0 Å². The van der Waals surface area contributed by atoms with E-state index in [-0.39, 0.29) is 11.7 Å². The zero-order valence-electron chi connectivity index (χ0n) is 13.3. The van der Waals surface area contributed by atoms with E-state index in [9.17, 15) is 9.90 Å². The van der Waals surface area contributed by atoms with E-state index in [1.165, 1.54) is 0 Å². The predicted octanol–water partition coefficient (Wildman–Crippen LogP) is 2.27. The number of benzene rings is 1. The van der Waals surface area contributed by atoms with Crippen molar-refractivity contribution >= 4 is 11.6 Å². The number of nitrogens with zero attached hydrogens (tertiary/aromatic N) is 3. The largest absolute Gasteiger partial charge is 0.508 e. The Bertz CT molecular complexity index is 890. The summed E-state index contributed by atoms with van der Waals surface area (Å²) >= 11 is 0. The van der Waals surface area contributed by atoms with E-state index in [0.29, 0.717) is 17.1 Å². The number of rotatable bonds is 4. The highest BCUT2D eigenvalue weighted by molar-refractivity contribution is 6.00. The van der Waals surface area contributed by atoms with E-state index in [1.807, 2.05) is 29.9 Å². The summed E-state index contributed by atoms with van der Waals surface area (Å²) in [5.74, 6) is -0.192. The van der Waals surface area contributed by atoms with Crippen LogP contribution in [0.4, 0.5) is 0 Å². The Morgan fingerprint density at radius 3 is 2.71 bits per heavy atom. The summed E-state index contributed by atoms with van der Waals surface area (Å²) in [6.45, 7) is 1.77. The molecule has 1 aromatic carbocycles. The third kappa shape index (κ3) is 3.19. The van der Waals surface area contributed by atoms with Crippen LogP contribution in [-0.2, 0) is 7.05 Å². The van der Waals surface area contributed by atoms with Crippen molar-refractivity contribution in [3.05, 3.63) is 59.9 Å². The van der Waals surface area contributed by atoms with E-state index >= 15 is 0 Å². The molecular formula is C17H17N5O2. The van der Waals surface area contributed by atoms with Crippen LogP contribution >= 0.6 is 0 Å². The second-order valence-corrected chi connectivity index (χ2v) is 5.36. The second kappa shape index (κ2) is 6.41. The molecule has 2 aromatic heterocycles. The summed E-state index contributed by atoms with van der Waals surface area (Å²) in [4.78, 5) is 12.2. The van der Waals surface area contributed by atoms with Crippen molar-refractivity contribution in [2.45, 2.75) is 6.92 Å². The monoisotopic (exact) mass is 323 g/mol. The van der Waals surface area contributed by atoms with Crippen molar-refractivity contribution in [2.24, 2.45) is 12.1 Å². The first kappa shape index (κ1) is 15.5. The fourth-order valence-electron chi connectivity index (χ4n) is 2.26. The number of aromatic hydroxyl groups is 1. The Kier molecular flexibility index (Phi) is 4.15. The Morgan fingerprint density at radius 2 is 2.04 bits per heavy atom. The number of aromatic nitrogens is 3. The first-order chi connectivity index (χ1) is 11.5. The number of phenolic OH excluding ortho intramolecular Hbond substituents is 1. The molecule has 3 aromatic rings. The Labute approximate surface area is 138 Å². The number of nitrogens with one attached hydrogen (secondary N) is 2. The smallest absolute Gasteiger partial charge is 0.289 e. The normalized spacial score (nSPS) is 11.5. The van der Waals surface area contributed by atoms with E-state index in [4.69, 9.17) is 0 Å². The summed E-state index contributed by atoms with van der Waals surface area (Å²) in [7, 11) is 1.91. The fraction of sp³-hybridized carbons (Fsp3) is 0.118. The molecule has 2 heterocycles. The summed E-state index contributed by atoms with van der Waals surface area (Å²) in [6.07, 6.45) is 1.91. The molecule has 7 nitrogen and oxygen atoms in total. The number of hydrazone groups is 1. The van der Waals surface area contributed by atoms with Gasteiger partial charge in [-0.15, -0.1) is 0 Å². The molecule has 0 unspecified atom stereocenters. The van der Waals surface area contributed by atoms with Crippen LogP contribution < -0.4 is 5.43 Å². The van der Waals surface area contributed by atoms with Crippen LogP contribution in [0.15, 0.2) is 53.8 Å². The number of aryl methyl sites for hydroxylation is 1. The quantitative estimate of drug-likeness (QED) is 0.508. The zero-order valence-corrected chi connectivity index (χ0v) is 13.3. The van der Waals surface area contributed by atoms with Gasteiger partial charge in [-0.25, -0.2) is 5.43 Å². The molecule has 0 saturated heterocycles. The van der Waals surface area contributed by atoms with Crippen molar-refractivity contribution in [1.29, 1.82) is 0 Å². The molecule has 0 bridgehead atoms. The molecule has 0 atom stereocenters. The van der Waals surface area contributed by atoms with Crippen LogP contribution in [0.5, 0.6) is 5.75 Å². The third-order valence-corrected chi connectivity index (χ3v) is 3.64. The predicted molar refractivity (Wildman–Crippen MR) is 90.8 cm³/mol. The lowest BCUT2D eigenvalue weighted by atomic mass is 10.1. The Morgan fingerprint density at radius 1 is 1.29 bits per heavy atom. The van der Waals surface area contributed by atoms with Crippen LogP contribution in [0.2, 0.25) is 0 Å². The van der Waals surface area contributed by atoms with Crippen molar-refractivity contribution < 1.29 is 9.90 Å². The third-order valence-electron chi connectivity index (χ3n) is 3.64. The number of aromatic amines is 1. The molecule has 3 N–H and O–H groups in total. The Hall–Kier alpha value is -3.35. The second-order valence-electron chi connectivity index (χ2n) is 5.36. The maximum atomic E-state index is 12.2. The van der Waals surface area contributed by atoms with Gasteiger partial charge in [0, 0.05) is 13.2 Å². The zero-order chi connectivity index (χ0) is 17.1. The van der Waals surface area contributed by atoms with Crippen LogP contribution in [0.25, 0.3) is 11.4 Å². The molecule has 0 aliphatic rings. The Balaban J connectivity index is 1.71. The SMILES string of the molecule is C/C(=N\NC(=O)c1cc(-c2cccn2C)n[nH]1)c1ccc(O)cc1. The van der Waals surface area contributed by atoms with E-state index < -0.39 is 0 Å². The molecule has 0 saturated carbocycles. The first-order valence-electron chi connectivity index (χ1n) is 7.36. The maximum Gasteiger partial charge on any atom is 0.289 e. The topological polar surface area (TPSA) is 95.3 Å².